The van der Waals surface area contributed by atoms with E-state index < -0.39 is 46.1 Å². The van der Waals surface area contributed by atoms with Gasteiger partial charge in [0.2, 0.25) is 0 Å². The third kappa shape index (κ3) is 6.40. The van der Waals surface area contributed by atoms with Gasteiger partial charge in [0.15, 0.2) is 23.3 Å². The number of benzene rings is 1. The number of rotatable bonds is 8. The van der Waals surface area contributed by atoms with Crippen LogP contribution in [0.3, 0.4) is 0 Å². The van der Waals surface area contributed by atoms with E-state index >= 15 is 8.78 Å². The summed E-state index contributed by atoms with van der Waals surface area (Å²) in [6.07, 6.45) is -0.196. The fourth-order valence-corrected chi connectivity index (χ4v) is 6.19. The molecular formula is C30H35ClF3N7O3. The van der Waals surface area contributed by atoms with Gasteiger partial charge in [0.05, 0.1) is 16.1 Å². The van der Waals surface area contributed by atoms with Gasteiger partial charge in [-0.15, -0.1) is 0 Å². The number of carboxylic acid groups (broad SMARTS) is 1. The molecule has 5 rings (SSSR count). The van der Waals surface area contributed by atoms with Gasteiger partial charge in [-0.3, -0.25) is 19.6 Å². The van der Waals surface area contributed by atoms with E-state index in [-0.39, 0.29) is 68.0 Å². The number of hydrogen-bond donors (Lipinski definition) is 3. The highest BCUT2D eigenvalue weighted by molar-refractivity contribution is 6.30. The number of piperidine rings is 1. The summed E-state index contributed by atoms with van der Waals surface area (Å²) in [4.78, 5) is 35.9. The Morgan fingerprint density at radius 1 is 1.14 bits per heavy atom. The topological polar surface area (TPSA) is 118 Å². The lowest BCUT2D eigenvalue weighted by atomic mass is 9.72. The van der Waals surface area contributed by atoms with Crippen molar-refractivity contribution in [1.29, 1.82) is 0 Å². The number of hydrogen-bond acceptors (Lipinski definition) is 7. The highest BCUT2D eigenvalue weighted by Crippen LogP contribution is 2.40. The van der Waals surface area contributed by atoms with Crippen molar-refractivity contribution in [3.63, 3.8) is 0 Å². The molecule has 2 aliphatic heterocycles. The third-order valence-electron chi connectivity index (χ3n) is 8.66. The van der Waals surface area contributed by atoms with Crippen molar-refractivity contribution in [2.24, 2.45) is 5.41 Å². The maximum atomic E-state index is 16.2. The van der Waals surface area contributed by atoms with Crippen LogP contribution in [-0.4, -0.2) is 92.7 Å². The van der Waals surface area contributed by atoms with Crippen LogP contribution < -0.4 is 5.32 Å². The van der Waals surface area contributed by atoms with Crippen LogP contribution in [0, 0.1) is 29.8 Å². The normalized spacial score (nSPS) is 21.4. The number of amides is 1. The summed E-state index contributed by atoms with van der Waals surface area (Å²) in [5.74, 6) is -5.08. The number of halogens is 4. The molecule has 3 N–H and O–H groups in total. The van der Waals surface area contributed by atoms with Crippen LogP contribution in [0.5, 0.6) is 0 Å². The molecular weight excluding hydrogens is 599 g/mol. The van der Waals surface area contributed by atoms with Crippen LogP contribution in [-0.2, 0) is 17.8 Å². The van der Waals surface area contributed by atoms with Crippen molar-refractivity contribution in [3.8, 4) is 0 Å². The van der Waals surface area contributed by atoms with Crippen molar-refractivity contribution in [2.45, 2.75) is 45.7 Å². The Bertz CT molecular complexity index is 1560. The van der Waals surface area contributed by atoms with Crippen molar-refractivity contribution in [2.75, 3.05) is 45.1 Å². The maximum Gasteiger partial charge on any atom is 0.310 e. The maximum absolute atomic E-state index is 16.2. The Hall–Kier alpha value is -3.68. The van der Waals surface area contributed by atoms with E-state index in [1.807, 2.05) is 23.8 Å². The molecule has 3 aromatic rings. The van der Waals surface area contributed by atoms with Crippen LogP contribution in [0.1, 0.15) is 47.1 Å². The van der Waals surface area contributed by atoms with Crippen LogP contribution in [0.2, 0.25) is 5.02 Å². The SMILES string of the molecule is Cc1cc(Nc2nc(C[C@@]3(C(=O)O)CCN(Cc4cccc(Cl)c4F)[C@H](C)C3)c(F)c(C(=O)N3CCN(C)CC3)c2F)n[nH]1. The fourth-order valence-electron chi connectivity index (χ4n) is 6.00. The van der Waals surface area contributed by atoms with Gasteiger partial charge in [-0.05, 0) is 46.3 Å². The molecule has 44 heavy (non-hydrogen) atoms. The van der Waals surface area contributed by atoms with E-state index in [1.165, 1.54) is 11.0 Å². The lowest BCUT2D eigenvalue weighted by Crippen LogP contribution is -2.50. The summed E-state index contributed by atoms with van der Waals surface area (Å²) < 4.78 is 46.7. The summed E-state index contributed by atoms with van der Waals surface area (Å²) in [6, 6.07) is 5.98. The summed E-state index contributed by atoms with van der Waals surface area (Å²) in [5, 5.41) is 19.9. The largest absolute Gasteiger partial charge is 0.481 e. The van der Waals surface area contributed by atoms with E-state index in [2.05, 4.69) is 20.5 Å². The standard InChI is InChI=1S/C30H35ClF3N7O3/c1-17-13-22(38-37-17)36-27-26(34)23(28(42)40-11-9-39(3)10-12-40)25(33)21(35-27)15-30(29(43)44)7-8-41(18(2)14-30)16-19-5-4-6-20(31)24(19)32/h4-6,13,18H,7-12,14-16H2,1-3H3,(H,43,44)(H2,35,36,37,38)/t18-,30-/m1/s1. The minimum atomic E-state index is -1.47. The first kappa shape index (κ1) is 31.7. The second kappa shape index (κ2) is 12.7. The van der Waals surface area contributed by atoms with E-state index in [9.17, 15) is 19.1 Å². The summed E-state index contributed by atoms with van der Waals surface area (Å²) in [7, 11) is 1.89. The number of nitrogens with zero attached hydrogens (tertiary/aromatic N) is 5. The molecule has 1 aromatic carbocycles. The summed E-state index contributed by atoms with van der Waals surface area (Å²) in [5.41, 5.74) is -1.52. The molecule has 0 saturated carbocycles. The highest BCUT2D eigenvalue weighted by Gasteiger charge is 2.46. The molecule has 236 valence electrons. The van der Waals surface area contributed by atoms with Gasteiger partial charge < -0.3 is 20.2 Å². The molecule has 2 saturated heterocycles. The van der Waals surface area contributed by atoms with Gasteiger partial charge in [-0.25, -0.2) is 18.2 Å². The molecule has 0 spiro atoms. The minimum Gasteiger partial charge on any atom is -0.481 e. The molecule has 0 bridgehead atoms. The smallest absolute Gasteiger partial charge is 0.310 e. The van der Waals surface area contributed by atoms with Crippen molar-refractivity contribution >= 4 is 35.1 Å². The second-order valence-corrected chi connectivity index (χ2v) is 12.2. The number of aromatic nitrogens is 3. The van der Waals surface area contributed by atoms with Crippen LogP contribution >= 0.6 is 11.6 Å². The first-order valence-electron chi connectivity index (χ1n) is 14.4. The average molecular weight is 634 g/mol. The number of nitrogens with one attached hydrogen (secondary N) is 2. The molecule has 1 amide bonds. The first-order chi connectivity index (χ1) is 20.9. The molecule has 4 heterocycles. The number of carbonyl (C=O) groups is 2. The van der Waals surface area contributed by atoms with Gasteiger partial charge in [-0.2, -0.15) is 5.10 Å². The number of aliphatic carboxylic acids is 1. The number of piperazine rings is 1. The molecule has 14 heteroatoms. The zero-order valence-corrected chi connectivity index (χ0v) is 25.5. The Morgan fingerprint density at radius 3 is 2.50 bits per heavy atom. The number of carbonyl (C=O) groups excluding carboxylic acids is 1. The van der Waals surface area contributed by atoms with Gasteiger partial charge >= 0.3 is 5.97 Å². The molecule has 2 atom stereocenters. The van der Waals surface area contributed by atoms with Crippen molar-refractivity contribution in [1.82, 2.24) is 29.9 Å². The summed E-state index contributed by atoms with van der Waals surface area (Å²) >= 11 is 5.95. The zero-order valence-electron chi connectivity index (χ0n) is 24.8. The van der Waals surface area contributed by atoms with E-state index in [0.717, 1.165) is 0 Å². The van der Waals surface area contributed by atoms with E-state index in [0.29, 0.717) is 24.3 Å². The predicted octanol–water partition coefficient (Wildman–Crippen LogP) is 4.61. The van der Waals surface area contributed by atoms with Crippen LogP contribution in [0.15, 0.2) is 24.3 Å². The Kier molecular flexibility index (Phi) is 9.19. The number of aryl methyl sites for hydroxylation is 1. The van der Waals surface area contributed by atoms with Crippen LogP contribution in [0.25, 0.3) is 0 Å². The number of pyridine rings is 1. The molecule has 2 fully saturated rings. The number of anilines is 2. The average Bonchev–Trinajstić information content (AvgIpc) is 3.39. The van der Waals surface area contributed by atoms with Crippen molar-refractivity contribution in [3.05, 3.63) is 69.3 Å². The quantitative estimate of drug-likeness (QED) is 0.329. The zero-order chi connectivity index (χ0) is 31.8. The number of likely N-dealkylation sites (N-methyl/N-ethyl adjacent to an activating group) is 1. The van der Waals surface area contributed by atoms with Gasteiger partial charge in [0.1, 0.15) is 11.4 Å². The third-order valence-corrected chi connectivity index (χ3v) is 8.95. The second-order valence-electron chi connectivity index (χ2n) is 11.8. The number of aromatic amines is 1. The summed E-state index contributed by atoms with van der Waals surface area (Å²) in [6.45, 7) is 5.70. The Balaban J connectivity index is 1.47. The monoisotopic (exact) mass is 633 g/mol. The Labute approximate surface area is 258 Å². The van der Waals surface area contributed by atoms with Crippen molar-refractivity contribution < 1.29 is 27.9 Å². The number of carboxylic acids is 1. The van der Waals surface area contributed by atoms with E-state index in [4.69, 9.17) is 11.6 Å². The molecule has 2 aliphatic rings. The Morgan fingerprint density at radius 2 is 1.86 bits per heavy atom. The van der Waals surface area contributed by atoms with Crippen LogP contribution in [0.4, 0.5) is 24.8 Å². The highest BCUT2D eigenvalue weighted by atomic mass is 35.5. The van der Waals surface area contributed by atoms with Gasteiger partial charge in [0, 0.05) is 62.5 Å². The lowest BCUT2D eigenvalue weighted by Gasteiger charge is -2.43. The number of likely N-dealkylation sites (tertiary alicyclic amines) is 1. The van der Waals surface area contributed by atoms with Gasteiger partial charge in [-0.1, -0.05) is 23.7 Å². The molecule has 0 unspecified atom stereocenters. The minimum absolute atomic E-state index is 0.00115. The lowest BCUT2D eigenvalue weighted by molar-refractivity contribution is -0.153. The first-order valence-corrected chi connectivity index (χ1v) is 14.8. The fraction of sp³-hybridized carbons (Fsp3) is 0.467. The molecule has 2 aromatic heterocycles. The number of H-pyrrole nitrogens is 1. The van der Waals surface area contributed by atoms with E-state index in [1.54, 1.807) is 25.1 Å². The predicted molar refractivity (Wildman–Crippen MR) is 158 cm³/mol. The molecule has 0 radical (unpaired) electrons. The molecule has 0 aliphatic carbocycles. The molecule has 10 nitrogen and oxygen atoms in total. The van der Waals surface area contributed by atoms with Gasteiger partial charge in [0.25, 0.3) is 5.91 Å².